The van der Waals surface area contributed by atoms with Gasteiger partial charge in [-0.2, -0.15) is 0 Å². The summed E-state index contributed by atoms with van der Waals surface area (Å²) in [5.41, 5.74) is 0. The lowest BCUT2D eigenvalue weighted by Crippen LogP contribution is -1.93. The maximum absolute atomic E-state index is 10.6. The zero-order valence-corrected chi connectivity index (χ0v) is 6.97. The molecule has 0 aliphatic carbocycles. The predicted molar refractivity (Wildman–Crippen MR) is 39.0 cm³/mol. The summed E-state index contributed by atoms with van der Waals surface area (Å²) in [7, 11) is 1.52. The van der Waals surface area contributed by atoms with Gasteiger partial charge in [0.25, 0.3) is 0 Å². The molecule has 50 valence electrons. The minimum Gasteiger partial charge on any atom is -0.496 e. The molecule has 0 aromatic carbocycles. The van der Waals surface area contributed by atoms with E-state index < -0.39 is 0 Å². The van der Waals surface area contributed by atoms with Crippen LogP contribution in [0.15, 0.2) is 9.34 Å². The summed E-state index contributed by atoms with van der Waals surface area (Å²) >= 11 is 1.90. The average molecular weight is 240 g/mol. The third-order valence-electron chi connectivity index (χ3n) is 1.00. The van der Waals surface area contributed by atoms with Crippen LogP contribution in [-0.4, -0.2) is 19.7 Å². The summed E-state index contributed by atoms with van der Waals surface area (Å²) in [6, 6.07) is 0. The molecule has 0 atom stereocenters. The van der Waals surface area contributed by atoms with Crippen molar-refractivity contribution in [2.24, 2.45) is 0 Å². The number of hydrogen-bond acceptors (Lipinski definition) is 3. The first-order valence-electron chi connectivity index (χ1n) is 2.35. The van der Waals surface area contributed by atoms with Gasteiger partial charge < -0.3 is 9.47 Å². The molecular formula is C5H5IO3. The second kappa shape index (κ2) is 2.55. The van der Waals surface area contributed by atoms with E-state index in [1.54, 1.807) is 0 Å². The smallest absolute Gasteiger partial charge is 0.348 e. The normalized spacial score (nSPS) is 18.2. The molecule has 3 nitrogen and oxygen atoms in total. The molecule has 9 heavy (non-hydrogen) atoms. The highest BCUT2D eigenvalue weighted by atomic mass is 127. The fraction of sp³-hybridized carbons (Fsp3) is 0.400. The molecule has 1 aliphatic rings. The van der Waals surface area contributed by atoms with Crippen molar-refractivity contribution in [3.8, 4) is 0 Å². The monoisotopic (exact) mass is 240 g/mol. The molecule has 0 spiro atoms. The number of ether oxygens (including phenoxy) is 2. The van der Waals surface area contributed by atoms with Crippen molar-refractivity contribution >= 4 is 28.6 Å². The molecule has 0 aromatic heterocycles. The number of carbonyl (C=O) groups excluding carboxylic acids is 1. The molecule has 0 saturated heterocycles. The fourth-order valence-electron chi connectivity index (χ4n) is 0.520. The Hall–Kier alpha value is -0.260. The number of rotatable bonds is 1. The number of hydrogen-bond donors (Lipinski definition) is 0. The van der Waals surface area contributed by atoms with E-state index >= 15 is 0 Å². The van der Waals surface area contributed by atoms with E-state index in [1.807, 2.05) is 22.6 Å². The molecular weight excluding hydrogens is 235 g/mol. The Balaban J connectivity index is 2.79. The van der Waals surface area contributed by atoms with Crippen LogP contribution in [0.4, 0.5) is 0 Å². The Bertz CT molecular complexity index is 173. The van der Waals surface area contributed by atoms with Crippen molar-refractivity contribution in [2.75, 3.05) is 13.7 Å². The van der Waals surface area contributed by atoms with Crippen LogP contribution in [0.25, 0.3) is 0 Å². The van der Waals surface area contributed by atoms with Crippen LogP contribution in [0, 0.1) is 0 Å². The summed E-state index contributed by atoms with van der Waals surface area (Å²) in [6.07, 6.45) is 0. The Kier molecular flexibility index (Phi) is 1.94. The Morgan fingerprint density at radius 3 is 2.67 bits per heavy atom. The van der Waals surface area contributed by atoms with Gasteiger partial charge in [0, 0.05) is 0 Å². The van der Waals surface area contributed by atoms with Gasteiger partial charge in [-0.05, 0) is 22.6 Å². The highest BCUT2D eigenvalue weighted by Gasteiger charge is 2.22. The molecule has 0 N–H and O–H groups in total. The fourth-order valence-corrected chi connectivity index (χ4v) is 1.05. The number of halogens is 1. The minimum atomic E-state index is -0.285. The van der Waals surface area contributed by atoms with E-state index in [9.17, 15) is 4.79 Å². The molecule has 0 unspecified atom stereocenters. The number of esters is 1. The number of cyclic esters (lactones) is 1. The number of carbonyl (C=O) groups is 1. The predicted octanol–water partition coefficient (Wildman–Crippen LogP) is 0.836. The van der Waals surface area contributed by atoms with Crippen molar-refractivity contribution in [1.29, 1.82) is 0 Å². The highest BCUT2D eigenvalue weighted by Crippen LogP contribution is 2.21. The third kappa shape index (κ3) is 1.17. The van der Waals surface area contributed by atoms with Gasteiger partial charge in [-0.1, -0.05) is 0 Å². The first-order chi connectivity index (χ1) is 4.25. The van der Waals surface area contributed by atoms with Gasteiger partial charge in [0.1, 0.15) is 3.58 Å². The molecule has 0 aromatic rings. The lowest BCUT2D eigenvalue weighted by atomic mass is 10.5. The van der Waals surface area contributed by atoms with E-state index in [-0.39, 0.29) is 12.6 Å². The SMILES string of the molecule is COC1=C(I)C(=O)OC1. The van der Waals surface area contributed by atoms with Gasteiger partial charge in [-0.25, -0.2) is 4.79 Å². The van der Waals surface area contributed by atoms with Crippen LogP contribution >= 0.6 is 22.6 Å². The second-order valence-corrected chi connectivity index (χ2v) is 2.60. The first kappa shape index (κ1) is 6.85. The van der Waals surface area contributed by atoms with Gasteiger partial charge in [-0.3, -0.25) is 0 Å². The molecule has 0 fully saturated rings. The molecule has 0 amide bonds. The highest BCUT2D eigenvalue weighted by molar-refractivity contribution is 14.1. The van der Waals surface area contributed by atoms with Crippen LogP contribution in [0.2, 0.25) is 0 Å². The Morgan fingerprint density at radius 1 is 1.78 bits per heavy atom. The average Bonchev–Trinajstić information content (AvgIpc) is 2.15. The summed E-state index contributed by atoms with van der Waals surface area (Å²) < 4.78 is 9.99. The summed E-state index contributed by atoms with van der Waals surface area (Å²) in [4.78, 5) is 10.6. The van der Waals surface area contributed by atoms with Crippen molar-refractivity contribution in [3.05, 3.63) is 9.34 Å². The quantitative estimate of drug-likeness (QED) is 0.503. The molecule has 0 radical (unpaired) electrons. The van der Waals surface area contributed by atoms with E-state index in [0.717, 1.165) is 0 Å². The zero-order chi connectivity index (χ0) is 6.85. The Morgan fingerprint density at radius 2 is 2.44 bits per heavy atom. The minimum absolute atomic E-state index is 0.285. The topological polar surface area (TPSA) is 35.5 Å². The Labute approximate surface area is 66.2 Å². The van der Waals surface area contributed by atoms with E-state index in [2.05, 4.69) is 4.74 Å². The lowest BCUT2D eigenvalue weighted by Gasteiger charge is -1.94. The van der Waals surface area contributed by atoms with Gasteiger partial charge in [-0.15, -0.1) is 0 Å². The maximum Gasteiger partial charge on any atom is 0.348 e. The molecule has 1 rings (SSSR count). The van der Waals surface area contributed by atoms with Gasteiger partial charge in [0.05, 0.1) is 7.11 Å². The number of methoxy groups -OCH3 is 1. The van der Waals surface area contributed by atoms with E-state index in [0.29, 0.717) is 9.34 Å². The molecule has 1 aliphatic heterocycles. The van der Waals surface area contributed by atoms with Crippen LogP contribution in [-0.2, 0) is 14.3 Å². The van der Waals surface area contributed by atoms with Gasteiger partial charge in [0.15, 0.2) is 12.4 Å². The summed E-state index contributed by atoms with van der Waals surface area (Å²) in [5, 5.41) is 0. The molecule has 0 bridgehead atoms. The van der Waals surface area contributed by atoms with Crippen LogP contribution in [0.3, 0.4) is 0 Å². The maximum atomic E-state index is 10.6. The summed E-state index contributed by atoms with van der Waals surface area (Å²) in [5.74, 6) is 0.341. The first-order valence-corrected chi connectivity index (χ1v) is 3.43. The summed E-state index contributed by atoms with van der Waals surface area (Å²) in [6.45, 7) is 0.285. The van der Waals surface area contributed by atoms with Crippen LogP contribution < -0.4 is 0 Å². The van der Waals surface area contributed by atoms with Crippen LogP contribution in [0.5, 0.6) is 0 Å². The van der Waals surface area contributed by atoms with Crippen molar-refractivity contribution in [3.63, 3.8) is 0 Å². The van der Waals surface area contributed by atoms with Crippen molar-refractivity contribution in [2.45, 2.75) is 0 Å². The van der Waals surface area contributed by atoms with E-state index in [4.69, 9.17) is 4.74 Å². The molecule has 4 heteroatoms. The molecule has 1 heterocycles. The largest absolute Gasteiger partial charge is 0.496 e. The van der Waals surface area contributed by atoms with Crippen molar-refractivity contribution in [1.82, 2.24) is 0 Å². The third-order valence-corrected chi connectivity index (χ3v) is 2.05. The van der Waals surface area contributed by atoms with Gasteiger partial charge in [0.2, 0.25) is 0 Å². The van der Waals surface area contributed by atoms with Gasteiger partial charge >= 0.3 is 5.97 Å². The van der Waals surface area contributed by atoms with Crippen molar-refractivity contribution < 1.29 is 14.3 Å². The zero-order valence-electron chi connectivity index (χ0n) is 4.81. The standard InChI is InChI=1S/C5H5IO3/c1-8-3-2-9-5(7)4(3)6/h2H2,1H3. The van der Waals surface area contributed by atoms with E-state index in [1.165, 1.54) is 7.11 Å². The second-order valence-electron chi connectivity index (χ2n) is 1.52. The lowest BCUT2D eigenvalue weighted by molar-refractivity contribution is -0.135. The van der Waals surface area contributed by atoms with Crippen LogP contribution in [0.1, 0.15) is 0 Å². The molecule has 0 saturated carbocycles.